The second kappa shape index (κ2) is 6.84. The van der Waals surface area contributed by atoms with Crippen molar-refractivity contribution in [2.75, 3.05) is 6.61 Å². The van der Waals surface area contributed by atoms with Gasteiger partial charge in [-0.1, -0.05) is 60.7 Å². The molecule has 2 atom stereocenters. The predicted molar refractivity (Wildman–Crippen MR) is 90.2 cm³/mol. The van der Waals surface area contributed by atoms with Gasteiger partial charge in [-0.15, -0.1) is 0 Å². The van der Waals surface area contributed by atoms with Crippen molar-refractivity contribution in [3.05, 3.63) is 71.8 Å². The molecule has 0 radical (unpaired) electrons. The molecule has 0 bridgehead atoms. The van der Waals surface area contributed by atoms with E-state index in [1.54, 1.807) is 0 Å². The highest BCUT2D eigenvalue weighted by atomic mass is 16.3. The van der Waals surface area contributed by atoms with E-state index in [9.17, 15) is 14.7 Å². The van der Waals surface area contributed by atoms with Crippen LogP contribution in [-0.4, -0.2) is 35.1 Å². The molecule has 2 aromatic carbocycles. The Balaban J connectivity index is 1.76. The quantitative estimate of drug-likeness (QED) is 0.762. The van der Waals surface area contributed by atoms with Crippen molar-refractivity contribution in [1.82, 2.24) is 10.6 Å². The zero-order valence-corrected chi connectivity index (χ0v) is 13.2. The summed E-state index contributed by atoms with van der Waals surface area (Å²) >= 11 is 0. The van der Waals surface area contributed by atoms with Crippen molar-refractivity contribution >= 4 is 11.8 Å². The maximum Gasteiger partial charge on any atom is 0.249 e. The van der Waals surface area contributed by atoms with Crippen LogP contribution in [0.2, 0.25) is 0 Å². The van der Waals surface area contributed by atoms with Gasteiger partial charge in [0.1, 0.15) is 11.6 Å². The van der Waals surface area contributed by atoms with Crippen molar-refractivity contribution in [3.63, 3.8) is 0 Å². The molecule has 0 aromatic heterocycles. The Morgan fingerprint density at radius 1 is 0.917 bits per heavy atom. The van der Waals surface area contributed by atoms with E-state index < -0.39 is 18.2 Å². The lowest BCUT2D eigenvalue weighted by atomic mass is 9.87. The first-order valence-corrected chi connectivity index (χ1v) is 7.95. The van der Waals surface area contributed by atoms with Crippen LogP contribution < -0.4 is 10.6 Å². The van der Waals surface area contributed by atoms with Crippen molar-refractivity contribution in [2.24, 2.45) is 0 Å². The molecular weight excluding hydrogens is 304 g/mol. The minimum atomic E-state index is -1.31. The van der Waals surface area contributed by atoms with Crippen molar-refractivity contribution in [3.8, 4) is 0 Å². The summed E-state index contributed by atoms with van der Waals surface area (Å²) in [5, 5.41) is 15.3. The summed E-state index contributed by atoms with van der Waals surface area (Å²) in [6.45, 7) is -0.447. The molecule has 2 amide bonds. The van der Waals surface area contributed by atoms with Gasteiger partial charge in [0.05, 0.1) is 6.61 Å². The van der Waals surface area contributed by atoms with Crippen molar-refractivity contribution < 1.29 is 14.7 Å². The van der Waals surface area contributed by atoms with Crippen molar-refractivity contribution in [2.45, 2.75) is 24.4 Å². The molecule has 0 spiro atoms. The lowest BCUT2D eigenvalue weighted by Crippen LogP contribution is -2.72. The summed E-state index contributed by atoms with van der Waals surface area (Å²) in [5.74, 6) is -0.627. The summed E-state index contributed by atoms with van der Waals surface area (Å²) in [7, 11) is 0. The van der Waals surface area contributed by atoms with Gasteiger partial charge in [0.25, 0.3) is 0 Å². The molecule has 1 heterocycles. The molecule has 124 valence electrons. The predicted octanol–water partition coefficient (Wildman–Crippen LogP) is 0.817. The summed E-state index contributed by atoms with van der Waals surface area (Å²) in [4.78, 5) is 25.1. The van der Waals surface area contributed by atoms with E-state index in [1.807, 2.05) is 60.7 Å². The molecule has 0 aliphatic carbocycles. The minimum Gasteiger partial charge on any atom is -0.393 e. The highest BCUT2D eigenvalue weighted by Gasteiger charge is 2.46. The minimum absolute atomic E-state index is 0.250. The standard InChI is InChI=1S/C19H20N2O3/c22-13-19(12-15-9-5-2-6-10-15)18(24)20-16(17(23)21-19)11-14-7-3-1-4-8-14/h1-10,16,22H,11-13H2,(H,20,24)(H,21,23)/t16-,19-/m0/s1. The lowest BCUT2D eigenvalue weighted by molar-refractivity contribution is -0.143. The molecule has 1 aliphatic heterocycles. The average Bonchev–Trinajstić information content (AvgIpc) is 2.61. The summed E-state index contributed by atoms with van der Waals surface area (Å²) in [6, 6.07) is 18.2. The Kier molecular flexibility index (Phi) is 4.62. The molecular formula is C19H20N2O3. The number of carbonyl (C=O) groups excluding carboxylic acids is 2. The van der Waals surface area contributed by atoms with Crippen LogP contribution >= 0.6 is 0 Å². The van der Waals surface area contributed by atoms with Crippen LogP contribution in [0.25, 0.3) is 0 Å². The number of carbonyl (C=O) groups is 2. The zero-order chi connectivity index (χ0) is 17.0. The summed E-state index contributed by atoms with van der Waals surface area (Å²) in [5.41, 5.74) is 0.534. The second-order valence-corrected chi connectivity index (χ2v) is 6.11. The first-order chi connectivity index (χ1) is 11.6. The maximum absolute atomic E-state index is 12.6. The Bertz CT molecular complexity index is 718. The van der Waals surface area contributed by atoms with Gasteiger partial charge in [-0.25, -0.2) is 0 Å². The number of hydrogen-bond acceptors (Lipinski definition) is 3. The fourth-order valence-electron chi connectivity index (χ4n) is 2.97. The van der Waals surface area contributed by atoms with E-state index in [2.05, 4.69) is 10.6 Å². The van der Waals surface area contributed by atoms with Crippen LogP contribution in [0.15, 0.2) is 60.7 Å². The number of benzene rings is 2. The third-order valence-corrected chi connectivity index (χ3v) is 4.32. The number of piperazine rings is 1. The van der Waals surface area contributed by atoms with Crippen LogP contribution in [0.3, 0.4) is 0 Å². The van der Waals surface area contributed by atoms with Gasteiger partial charge in [0.2, 0.25) is 11.8 Å². The smallest absolute Gasteiger partial charge is 0.249 e. The van der Waals surface area contributed by atoms with E-state index in [0.717, 1.165) is 11.1 Å². The van der Waals surface area contributed by atoms with Crippen LogP contribution in [0.4, 0.5) is 0 Å². The molecule has 5 heteroatoms. The molecule has 3 rings (SSSR count). The molecule has 1 saturated heterocycles. The van der Waals surface area contributed by atoms with Crippen LogP contribution in [-0.2, 0) is 22.4 Å². The van der Waals surface area contributed by atoms with Gasteiger partial charge < -0.3 is 15.7 Å². The largest absolute Gasteiger partial charge is 0.393 e. The number of aliphatic hydroxyl groups is 1. The Morgan fingerprint density at radius 2 is 1.50 bits per heavy atom. The second-order valence-electron chi connectivity index (χ2n) is 6.11. The molecule has 3 N–H and O–H groups in total. The number of aliphatic hydroxyl groups excluding tert-OH is 1. The van der Waals surface area contributed by atoms with Crippen molar-refractivity contribution in [1.29, 1.82) is 0 Å². The monoisotopic (exact) mass is 324 g/mol. The number of amides is 2. The fraction of sp³-hybridized carbons (Fsp3) is 0.263. The van der Waals surface area contributed by atoms with Gasteiger partial charge in [0, 0.05) is 12.8 Å². The summed E-state index contributed by atoms with van der Waals surface area (Å²) < 4.78 is 0. The Labute approximate surface area is 140 Å². The zero-order valence-electron chi connectivity index (χ0n) is 13.2. The molecule has 0 unspecified atom stereocenters. The molecule has 1 fully saturated rings. The number of hydrogen-bond donors (Lipinski definition) is 3. The normalized spacial score (nSPS) is 23.5. The van der Waals surface area contributed by atoms with Gasteiger partial charge in [-0.2, -0.15) is 0 Å². The maximum atomic E-state index is 12.6. The highest BCUT2D eigenvalue weighted by molar-refractivity contribution is 6.00. The van der Waals surface area contributed by atoms with Crippen LogP contribution in [0, 0.1) is 0 Å². The number of nitrogens with one attached hydrogen (secondary N) is 2. The van der Waals surface area contributed by atoms with Gasteiger partial charge >= 0.3 is 0 Å². The highest BCUT2D eigenvalue weighted by Crippen LogP contribution is 2.19. The first-order valence-electron chi connectivity index (χ1n) is 7.95. The SMILES string of the molecule is O=C1N[C@](CO)(Cc2ccccc2)C(=O)N[C@H]1Cc1ccccc1. The van der Waals surface area contributed by atoms with Gasteiger partial charge in [0.15, 0.2) is 0 Å². The van der Waals surface area contributed by atoms with E-state index in [0.29, 0.717) is 6.42 Å². The Hall–Kier alpha value is -2.66. The van der Waals surface area contributed by atoms with E-state index >= 15 is 0 Å². The van der Waals surface area contributed by atoms with Crippen LogP contribution in [0.1, 0.15) is 11.1 Å². The van der Waals surface area contributed by atoms with E-state index in [-0.39, 0.29) is 18.2 Å². The third-order valence-electron chi connectivity index (χ3n) is 4.32. The van der Waals surface area contributed by atoms with E-state index in [4.69, 9.17) is 0 Å². The Morgan fingerprint density at radius 3 is 2.08 bits per heavy atom. The molecule has 24 heavy (non-hydrogen) atoms. The van der Waals surface area contributed by atoms with Gasteiger partial charge in [-0.3, -0.25) is 9.59 Å². The molecule has 0 saturated carbocycles. The topological polar surface area (TPSA) is 78.4 Å². The average molecular weight is 324 g/mol. The van der Waals surface area contributed by atoms with Gasteiger partial charge in [-0.05, 0) is 11.1 Å². The fourth-order valence-corrected chi connectivity index (χ4v) is 2.97. The molecule has 1 aliphatic rings. The lowest BCUT2D eigenvalue weighted by Gasteiger charge is -2.39. The number of rotatable bonds is 5. The molecule has 2 aromatic rings. The third kappa shape index (κ3) is 3.31. The molecule has 5 nitrogen and oxygen atoms in total. The van der Waals surface area contributed by atoms with E-state index in [1.165, 1.54) is 0 Å². The van der Waals surface area contributed by atoms with Crippen LogP contribution in [0.5, 0.6) is 0 Å². The summed E-state index contributed by atoms with van der Waals surface area (Å²) in [6.07, 6.45) is 0.672. The first kappa shape index (κ1) is 16.2.